The molecule has 0 aliphatic heterocycles. The molecule has 0 aliphatic carbocycles. The lowest BCUT2D eigenvalue weighted by atomic mass is 10.1. The summed E-state index contributed by atoms with van der Waals surface area (Å²) >= 11 is 0. The fraction of sp³-hybridized carbons (Fsp3) is 0.556. The summed E-state index contributed by atoms with van der Waals surface area (Å²) in [6.45, 7) is 14.1. The number of hydrogen-bond acceptors (Lipinski definition) is 1. The molecule has 0 saturated heterocycles. The van der Waals surface area contributed by atoms with Gasteiger partial charge >= 0.3 is 0 Å². The third-order valence-electron chi connectivity index (χ3n) is 4.43. The number of aliphatic hydroxyl groups is 1. The number of aliphatic hydroxyl groups excluding tert-OH is 1. The van der Waals surface area contributed by atoms with Crippen molar-refractivity contribution in [3.8, 4) is 11.5 Å². The summed E-state index contributed by atoms with van der Waals surface area (Å²) in [6, 6.07) is 7.93. The summed E-state index contributed by atoms with van der Waals surface area (Å²) in [5.74, 6) is 3.41. The molecule has 20 heavy (non-hydrogen) atoms. The van der Waals surface area contributed by atoms with Crippen LogP contribution in [0.1, 0.15) is 52.7 Å². The van der Waals surface area contributed by atoms with Crippen molar-refractivity contribution in [2.75, 3.05) is 0 Å². The molecule has 0 radical (unpaired) electrons. The van der Waals surface area contributed by atoms with Gasteiger partial charge in [0.2, 0.25) is 0 Å². The van der Waals surface area contributed by atoms with Crippen LogP contribution < -0.4 is 0 Å². The Kier molecular flexibility index (Phi) is 6.04. The zero-order valence-corrected chi connectivity index (χ0v) is 14.7. The van der Waals surface area contributed by atoms with Crippen molar-refractivity contribution in [1.82, 2.24) is 0 Å². The van der Waals surface area contributed by atoms with E-state index in [0.29, 0.717) is 16.6 Å². The lowest BCUT2D eigenvalue weighted by Crippen LogP contribution is -2.43. The third kappa shape index (κ3) is 3.53. The highest BCUT2D eigenvalue weighted by Crippen LogP contribution is 2.40. The van der Waals surface area contributed by atoms with Gasteiger partial charge in [-0.1, -0.05) is 59.6 Å². The molecule has 0 saturated carbocycles. The highest BCUT2D eigenvalue weighted by molar-refractivity contribution is 6.90. The van der Waals surface area contributed by atoms with Gasteiger partial charge in [-0.15, -0.1) is 5.54 Å². The van der Waals surface area contributed by atoms with E-state index in [9.17, 15) is 0 Å². The van der Waals surface area contributed by atoms with Crippen molar-refractivity contribution in [3.05, 3.63) is 35.4 Å². The second-order valence-corrected chi connectivity index (χ2v) is 12.1. The van der Waals surface area contributed by atoms with Crippen LogP contribution in [0.25, 0.3) is 0 Å². The summed E-state index contributed by atoms with van der Waals surface area (Å²) in [5, 5.41) is 9.08. The van der Waals surface area contributed by atoms with Gasteiger partial charge in [-0.2, -0.15) is 0 Å². The quantitative estimate of drug-likeness (QED) is 0.626. The van der Waals surface area contributed by atoms with Crippen LogP contribution in [0, 0.1) is 11.5 Å². The minimum absolute atomic E-state index is 0.0936. The van der Waals surface area contributed by atoms with Crippen LogP contribution in [0.3, 0.4) is 0 Å². The summed E-state index contributed by atoms with van der Waals surface area (Å²) in [7, 11) is -1.64. The first-order valence-electron chi connectivity index (χ1n) is 7.57. The highest BCUT2D eigenvalue weighted by Gasteiger charge is 2.41. The fourth-order valence-corrected chi connectivity index (χ4v) is 8.53. The molecular formula is C18H28OSi. The van der Waals surface area contributed by atoms with Gasteiger partial charge in [-0.3, -0.25) is 0 Å². The first-order valence-corrected chi connectivity index (χ1v) is 9.80. The monoisotopic (exact) mass is 288 g/mol. The van der Waals surface area contributed by atoms with E-state index in [2.05, 4.69) is 53.0 Å². The number of benzene rings is 1. The molecule has 0 unspecified atom stereocenters. The van der Waals surface area contributed by atoms with Crippen LogP contribution >= 0.6 is 0 Å². The number of hydrogen-bond donors (Lipinski definition) is 1. The first kappa shape index (κ1) is 17.0. The van der Waals surface area contributed by atoms with E-state index in [1.807, 2.05) is 24.3 Å². The Morgan fingerprint density at radius 1 is 0.900 bits per heavy atom. The van der Waals surface area contributed by atoms with E-state index < -0.39 is 8.07 Å². The predicted molar refractivity (Wildman–Crippen MR) is 90.3 cm³/mol. The molecule has 0 heterocycles. The van der Waals surface area contributed by atoms with Crippen molar-refractivity contribution in [2.24, 2.45) is 0 Å². The van der Waals surface area contributed by atoms with Gasteiger partial charge in [0.15, 0.2) is 0 Å². The molecule has 110 valence electrons. The summed E-state index contributed by atoms with van der Waals surface area (Å²) in [6.07, 6.45) is 0. The Balaban J connectivity index is 3.16. The molecular weight excluding hydrogens is 260 g/mol. The molecule has 0 aliphatic rings. The van der Waals surface area contributed by atoms with E-state index >= 15 is 0 Å². The fourth-order valence-electron chi connectivity index (χ4n) is 3.31. The molecule has 2 heteroatoms. The van der Waals surface area contributed by atoms with Gasteiger partial charge in [0, 0.05) is 5.56 Å². The molecule has 1 nitrogen and oxygen atoms in total. The van der Waals surface area contributed by atoms with E-state index in [1.165, 1.54) is 0 Å². The normalized spacial score (nSPS) is 11.9. The van der Waals surface area contributed by atoms with Crippen molar-refractivity contribution < 1.29 is 5.11 Å². The molecule has 0 bridgehead atoms. The van der Waals surface area contributed by atoms with Crippen molar-refractivity contribution in [2.45, 2.75) is 64.8 Å². The third-order valence-corrected chi connectivity index (χ3v) is 10.7. The SMILES string of the molecule is CC(C)[Si](C#Cc1ccc(CO)cc1)(C(C)C)C(C)C. The van der Waals surface area contributed by atoms with E-state index in [-0.39, 0.29) is 6.61 Å². The largest absolute Gasteiger partial charge is 0.392 e. The van der Waals surface area contributed by atoms with Crippen LogP contribution in [0.5, 0.6) is 0 Å². The van der Waals surface area contributed by atoms with Gasteiger partial charge in [-0.05, 0) is 34.3 Å². The van der Waals surface area contributed by atoms with Gasteiger partial charge in [0.05, 0.1) is 6.61 Å². The first-order chi connectivity index (χ1) is 9.34. The Morgan fingerprint density at radius 2 is 1.35 bits per heavy atom. The van der Waals surface area contributed by atoms with Crippen molar-refractivity contribution in [3.63, 3.8) is 0 Å². The molecule has 1 aromatic carbocycles. The molecule has 1 rings (SSSR count). The average Bonchev–Trinajstić information content (AvgIpc) is 2.38. The molecule has 0 amide bonds. The Bertz CT molecular complexity index is 453. The van der Waals surface area contributed by atoms with Gasteiger partial charge in [0.1, 0.15) is 8.07 Å². The molecule has 0 aromatic heterocycles. The van der Waals surface area contributed by atoms with Crippen molar-refractivity contribution in [1.29, 1.82) is 0 Å². The maximum absolute atomic E-state index is 9.08. The van der Waals surface area contributed by atoms with Crippen LogP contribution in [0.4, 0.5) is 0 Å². The maximum Gasteiger partial charge on any atom is 0.146 e. The molecule has 1 N–H and O–H groups in total. The second kappa shape index (κ2) is 7.11. The zero-order chi connectivity index (χ0) is 15.3. The molecule has 1 aromatic rings. The molecule has 0 atom stereocenters. The minimum atomic E-state index is -1.64. The summed E-state index contributed by atoms with van der Waals surface area (Å²) in [4.78, 5) is 0. The standard InChI is InChI=1S/C18H28OSi/c1-14(2)20(15(3)4,16(5)6)12-11-17-7-9-18(13-19)10-8-17/h7-10,14-16,19H,13H2,1-6H3. The zero-order valence-electron chi connectivity index (χ0n) is 13.7. The Hall–Kier alpha value is -1.04. The minimum Gasteiger partial charge on any atom is -0.392 e. The lowest BCUT2D eigenvalue weighted by Gasteiger charge is -2.38. The van der Waals surface area contributed by atoms with Crippen LogP contribution in [-0.2, 0) is 6.61 Å². The van der Waals surface area contributed by atoms with Crippen LogP contribution in [0.15, 0.2) is 24.3 Å². The lowest BCUT2D eigenvalue weighted by molar-refractivity contribution is 0.282. The molecule has 0 spiro atoms. The van der Waals surface area contributed by atoms with Gasteiger partial charge < -0.3 is 5.11 Å². The van der Waals surface area contributed by atoms with E-state index in [1.54, 1.807) is 0 Å². The topological polar surface area (TPSA) is 20.2 Å². The molecule has 0 fully saturated rings. The second-order valence-electron chi connectivity index (χ2n) is 6.50. The smallest absolute Gasteiger partial charge is 0.146 e. The van der Waals surface area contributed by atoms with Crippen LogP contribution in [-0.4, -0.2) is 13.2 Å². The van der Waals surface area contributed by atoms with Gasteiger partial charge in [0.25, 0.3) is 0 Å². The summed E-state index contributed by atoms with van der Waals surface area (Å²) < 4.78 is 0. The highest BCUT2D eigenvalue weighted by atomic mass is 28.3. The van der Waals surface area contributed by atoms with Crippen molar-refractivity contribution >= 4 is 8.07 Å². The predicted octanol–water partition coefficient (Wildman–Crippen LogP) is 4.75. The maximum atomic E-state index is 9.08. The Labute approximate surface area is 125 Å². The van der Waals surface area contributed by atoms with E-state index in [4.69, 9.17) is 5.11 Å². The van der Waals surface area contributed by atoms with E-state index in [0.717, 1.165) is 11.1 Å². The average molecular weight is 289 g/mol. The van der Waals surface area contributed by atoms with Gasteiger partial charge in [-0.25, -0.2) is 0 Å². The summed E-state index contributed by atoms with van der Waals surface area (Å²) in [5.41, 5.74) is 7.69. The Morgan fingerprint density at radius 3 is 1.70 bits per heavy atom. The van der Waals surface area contributed by atoms with Crippen LogP contribution in [0.2, 0.25) is 16.6 Å². The number of rotatable bonds is 4.